The van der Waals surface area contributed by atoms with Crippen molar-refractivity contribution in [1.29, 1.82) is 0 Å². The van der Waals surface area contributed by atoms with Gasteiger partial charge in [0.25, 0.3) is 0 Å². The van der Waals surface area contributed by atoms with Gasteiger partial charge in [0.1, 0.15) is 0 Å². The van der Waals surface area contributed by atoms with Gasteiger partial charge in [-0.05, 0) is 0 Å². The van der Waals surface area contributed by atoms with Gasteiger partial charge in [0, 0.05) is 0 Å². The Hall–Kier alpha value is -1.29. The normalized spacial score (nSPS) is 11.2. The van der Waals surface area contributed by atoms with Crippen LogP contribution in [0.15, 0.2) is 54.6 Å². The zero-order chi connectivity index (χ0) is 13.0. The van der Waals surface area contributed by atoms with E-state index in [4.69, 9.17) is 0 Å². The number of para-hydroxylation sites is 1. The van der Waals surface area contributed by atoms with E-state index in [2.05, 4.69) is 16.9 Å². The molecular formula is C13H13NO2SSe. The van der Waals surface area contributed by atoms with E-state index in [1.807, 2.05) is 36.4 Å². The second-order valence-electron chi connectivity index (χ2n) is 3.79. The van der Waals surface area contributed by atoms with Crippen LogP contribution in [0.1, 0.15) is 0 Å². The van der Waals surface area contributed by atoms with Crippen molar-refractivity contribution in [1.82, 2.24) is 0 Å². The van der Waals surface area contributed by atoms with Gasteiger partial charge in [-0.25, -0.2) is 0 Å². The Morgan fingerprint density at radius 3 is 2.22 bits per heavy atom. The Labute approximate surface area is 113 Å². The van der Waals surface area contributed by atoms with Crippen molar-refractivity contribution in [3.63, 3.8) is 0 Å². The van der Waals surface area contributed by atoms with Crippen LogP contribution in [0.25, 0.3) is 0 Å². The average Bonchev–Trinajstić information content (AvgIpc) is 2.31. The molecule has 94 valence electrons. The van der Waals surface area contributed by atoms with Gasteiger partial charge in [-0.2, -0.15) is 0 Å². The zero-order valence-corrected chi connectivity index (χ0v) is 12.4. The van der Waals surface area contributed by atoms with Crippen LogP contribution >= 0.6 is 0 Å². The van der Waals surface area contributed by atoms with Crippen molar-refractivity contribution in [2.24, 2.45) is 0 Å². The zero-order valence-electron chi connectivity index (χ0n) is 9.83. The monoisotopic (exact) mass is 327 g/mol. The Balaban J connectivity index is 2.28. The molecule has 0 amide bonds. The quantitative estimate of drug-likeness (QED) is 0.842. The second kappa shape index (κ2) is 5.57. The Morgan fingerprint density at radius 1 is 0.944 bits per heavy atom. The van der Waals surface area contributed by atoms with E-state index in [0.717, 1.165) is 4.46 Å². The van der Waals surface area contributed by atoms with E-state index < -0.39 is 10.0 Å². The average molecular weight is 326 g/mol. The number of sulfonamides is 1. The number of hydrogen-bond donors (Lipinski definition) is 1. The molecule has 5 heteroatoms. The van der Waals surface area contributed by atoms with Crippen LogP contribution in [0.5, 0.6) is 0 Å². The van der Waals surface area contributed by atoms with Gasteiger partial charge < -0.3 is 0 Å². The summed E-state index contributed by atoms with van der Waals surface area (Å²) in [4.78, 5) is 0. The number of nitrogens with one attached hydrogen (secondary N) is 1. The summed E-state index contributed by atoms with van der Waals surface area (Å²) in [7, 11) is -3.23. The van der Waals surface area contributed by atoms with E-state index in [0.29, 0.717) is 5.69 Å². The van der Waals surface area contributed by atoms with Crippen molar-refractivity contribution < 1.29 is 8.42 Å². The predicted molar refractivity (Wildman–Crippen MR) is 76.4 cm³/mol. The minimum absolute atomic E-state index is 0.0928. The van der Waals surface area contributed by atoms with E-state index >= 15 is 0 Å². The van der Waals surface area contributed by atoms with Gasteiger partial charge in [-0.1, -0.05) is 0 Å². The molecule has 0 aromatic heterocycles. The van der Waals surface area contributed by atoms with Crippen LogP contribution in [0.4, 0.5) is 5.69 Å². The van der Waals surface area contributed by atoms with Crippen molar-refractivity contribution in [3.05, 3.63) is 54.6 Å². The van der Waals surface area contributed by atoms with Crippen LogP contribution in [0.3, 0.4) is 0 Å². The molecular weight excluding hydrogens is 313 g/mol. The van der Waals surface area contributed by atoms with Crippen molar-refractivity contribution in [2.75, 3.05) is 11.0 Å². The number of benzene rings is 2. The molecule has 0 heterocycles. The molecule has 1 N–H and O–H groups in total. The summed E-state index contributed by atoms with van der Waals surface area (Å²) in [5.74, 6) is 0. The van der Waals surface area contributed by atoms with Crippen LogP contribution in [-0.4, -0.2) is 29.6 Å². The van der Waals surface area contributed by atoms with Gasteiger partial charge in [-0.15, -0.1) is 0 Å². The number of rotatable bonds is 4. The van der Waals surface area contributed by atoms with E-state index in [1.54, 1.807) is 6.07 Å². The van der Waals surface area contributed by atoms with Gasteiger partial charge >= 0.3 is 114 Å². The minimum atomic E-state index is -3.23. The van der Waals surface area contributed by atoms with E-state index in [1.165, 1.54) is 10.7 Å². The standard InChI is InChI=1S/C13H13NO2SSe/c1-17(15,16)14-12-9-5-6-10-13(12)18-11-7-3-2-4-8-11/h2-10,14H,1H3. The Morgan fingerprint density at radius 2 is 1.56 bits per heavy atom. The van der Waals surface area contributed by atoms with Crippen LogP contribution in [0, 0.1) is 0 Å². The molecule has 0 saturated carbocycles. The molecule has 0 bridgehead atoms. The van der Waals surface area contributed by atoms with Crippen LogP contribution < -0.4 is 13.6 Å². The molecule has 0 spiro atoms. The van der Waals surface area contributed by atoms with Crippen molar-refractivity contribution in [2.45, 2.75) is 0 Å². The van der Waals surface area contributed by atoms with Crippen LogP contribution in [0.2, 0.25) is 0 Å². The van der Waals surface area contributed by atoms with Crippen molar-refractivity contribution >= 4 is 39.6 Å². The van der Waals surface area contributed by atoms with Gasteiger partial charge in [0.15, 0.2) is 0 Å². The fraction of sp³-hybridized carbons (Fsp3) is 0.0769. The summed E-state index contributed by atoms with van der Waals surface area (Å²) in [5.41, 5.74) is 0.670. The van der Waals surface area contributed by atoms with Crippen molar-refractivity contribution in [3.8, 4) is 0 Å². The Kier molecular flexibility index (Phi) is 4.07. The fourth-order valence-electron chi connectivity index (χ4n) is 1.46. The maximum absolute atomic E-state index is 11.3. The van der Waals surface area contributed by atoms with Crippen LogP contribution in [-0.2, 0) is 10.0 Å². The molecule has 0 saturated heterocycles. The second-order valence-corrected chi connectivity index (χ2v) is 7.87. The summed E-state index contributed by atoms with van der Waals surface area (Å²) >= 11 is 0.0928. The topological polar surface area (TPSA) is 46.2 Å². The first-order valence-corrected chi connectivity index (χ1v) is 8.95. The third kappa shape index (κ3) is 3.88. The molecule has 0 aliphatic rings. The molecule has 18 heavy (non-hydrogen) atoms. The van der Waals surface area contributed by atoms with Gasteiger partial charge in [0.2, 0.25) is 0 Å². The predicted octanol–water partition coefficient (Wildman–Crippen LogP) is 0.713. The summed E-state index contributed by atoms with van der Waals surface area (Å²) in [5, 5.41) is 0. The molecule has 2 aromatic carbocycles. The van der Waals surface area contributed by atoms with E-state index in [9.17, 15) is 8.42 Å². The molecule has 0 radical (unpaired) electrons. The SMILES string of the molecule is CS(=O)(=O)Nc1ccccc1[Se]c1ccccc1. The summed E-state index contributed by atoms with van der Waals surface area (Å²) in [6, 6.07) is 17.6. The third-order valence-electron chi connectivity index (χ3n) is 2.15. The molecule has 2 rings (SSSR count). The molecule has 2 aromatic rings. The molecule has 0 atom stereocenters. The molecule has 3 nitrogen and oxygen atoms in total. The molecule has 0 unspecified atom stereocenters. The maximum atomic E-state index is 11.3. The number of anilines is 1. The van der Waals surface area contributed by atoms with E-state index in [-0.39, 0.29) is 15.0 Å². The molecule has 0 aliphatic heterocycles. The number of hydrogen-bond acceptors (Lipinski definition) is 2. The molecule has 0 fully saturated rings. The first-order valence-electron chi connectivity index (χ1n) is 5.34. The summed E-state index contributed by atoms with van der Waals surface area (Å²) < 4.78 is 27.4. The first kappa shape index (κ1) is 13.1. The Bertz CT molecular complexity index is 626. The van der Waals surface area contributed by atoms with Gasteiger partial charge in [-0.3, -0.25) is 0 Å². The summed E-state index contributed by atoms with van der Waals surface area (Å²) in [6.45, 7) is 0. The third-order valence-corrected chi connectivity index (χ3v) is 5.02. The molecule has 0 aliphatic carbocycles. The first-order chi connectivity index (χ1) is 8.54. The van der Waals surface area contributed by atoms with Gasteiger partial charge in [0.05, 0.1) is 0 Å². The fourth-order valence-corrected chi connectivity index (χ4v) is 4.11. The summed E-state index contributed by atoms with van der Waals surface area (Å²) in [6.07, 6.45) is 1.17.